The van der Waals surface area contributed by atoms with E-state index in [-0.39, 0.29) is 30.3 Å². The number of hydrogen-bond donors (Lipinski definition) is 1. The maximum atomic E-state index is 14.1. The molecular formula is C26H29BrN4O4. The van der Waals surface area contributed by atoms with Crippen molar-refractivity contribution in [3.63, 3.8) is 0 Å². The van der Waals surface area contributed by atoms with Gasteiger partial charge >= 0.3 is 5.97 Å². The van der Waals surface area contributed by atoms with Gasteiger partial charge in [-0.25, -0.2) is 9.97 Å². The molecule has 4 aliphatic rings. The molecule has 0 amide bonds. The predicted molar refractivity (Wildman–Crippen MR) is 132 cm³/mol. The normalized spacial score (nSPS) is 34.3. The van der Waals surface area contributed by atoms with Gasteiger partial charge in [0, 0.05) is 30.7 Å². The Morgan fingerprint density at radius 1 is 1.23 bits per heavy atom. The van der Waals surface area contributed by atoms with Gasteiger partial charge in [0.25, 0.3) is 0 Å². The van der Waals surface area contributed by atoms with Crippen molar-refractivity contribution in [3.8, 4) is 0 Å². The van der Waals surface area contributed by atoms with Crippen LogP contribution in [-0.2, 0) is 19.7 Å². The number of fused-ring (bicyclic) bond motifs is 5. The molecule has 1 saturated carbocycles. The number of aliphatic hydroxyl groups is 1. The summed E-state index contributed by atoms with van der Waals surface area (Å²) in [5, 5.41) is 10.7. The lowest BCUT2D eigenvalue weighted by molar-refractivity contribution is -0.160. The number of hydrogen-bond acceptors (Lipinski definition) is 8. The first-order chi connectivity index (χ1) is 16.9. The highest BCUT2D eigenvalue weighted by molar-refractivity contribution is 9.10. The van der Waals surface area contributed by atoms with E-state index in [0.29, 0.717) is 24.7 Å². The summed E-state index contributed by atoms with van der Waals surface area (Å²) < 4.78 is 5.89. The van der Waals surface area contributed by atoms with Crippen LogP contribution in [0.3, 0.4) is 0 Å². The van der Waals surface area contributed by atoms with Crippen LogP contribution in [0.25, 0.3) is 0 Å². The van der Waals surface area contributed by atoms with E-state index in [1.807, 2.05) is 23.1 Å². The van der Waals surface area contributed by atoms with Gasteiger partial charge in [0.1, 0.15) is 0 Å². The topological polar surface area (TPSA) is 95.9 Å². The van der Waals surface area contributed by atoms with E-state index in [9.17, 15) is 14.7 Å². The number of esters is 1. The molecule has 1 aliphatic carbocycles. The molecule has 1 aromatic heterocycles. The van der Waals surface area contributed by atoms with E-state index in [0.717, 1.165) is 41.7 Å². The lowest BCUT2D eigenvalue weighted by atomic mass is 9.60. The zero-order valence-corrected chi connectivity index (χ0v) is 21.2. The summed E-state index contributed by atoms with van der Waals surface area (Å²) in [6.07, 6.45) is 5.68. The number of halogens is 1. The summed E-state index contributed by atoms with van der Waals surface area (Å²) in [6, 6.07) is 8.09. The molecule has 6 rings (SSSR count). The van der Waals surface area contributed by atoms with Crippen LogP contribution in [0.4, 0.5) is 11.6 Å². The molecule has 1 aromatic carbocycles. The Morgan fingerprint density at radius 3 is 2.77 bits per heavy atom. The van der Waals surface area contributed by atoms with Crippen molar-refractivity contribution in [2.45, 2.75) is 43.2 Å². The highest BCUT2D eigenvalue weighted by Crippen LogP contribution is 2.55. The van der Waals surface area contributed by atoms with Crippen LogP contribution in [0.2, 0.25) is 0 Å². The van der Waals surface area contributed by atoms with Crippen LogP contribution in [0.1, 0.15) is 31.2 Å². The van der Waals surface area contributed by atoms with E-state index in [2.05, 4.69) is 36.9 Å². The molecule has 3 aliphatic heterocycles. The second-order valence-corrected chi connectivity index (χ2v) is 11.2. The molecule has 6 atom stereocenters. The van der Waals surface area contributed by atoms with Crippen molar-refractivity contribution >= 4 is 39.3 Å². The van der Waals surface area contributed by atoms with Gasteiger partial charge in [0.05, 0.1) is 35.6 Å². The predicted octanol–water partition coefficient (Wildman–Crippen LogP) is 2.85. The molecule has 35 heavy (non-hydrogen) atoms. The minimum absolute atomic E-state index is 0.00947. The van der Waals surface area contributed by atoms with E-state index >= 15 is 0 Å². The quantitative estimate of drug-likeness (QED) is 0.581. The number of carbonyl (C=O) groups is 2. The third-order valence-corrected chi connectivity index (χ3v) is 9.29. The summed E-state index contributed by atoms with van der Waals surface area (Å²) in [5.41, 5.74) is 1.34. The monoisotopic (exact) mass is 540 g/mol. The van der Waals surface area contributed by atoms with Crippen molar-refractivity contribution < 1.29 is 19.4 Å². The van der Waals surface area contributed by atoms with E-state index in [1.165, 1.54) is 7.11 Å². The molecule has 1 spiro atoms. The van der Waals surface area contributed by atoms with Gasteiger partial charge in [-0.3, -0.25) is 14.5 Å². The Bertz CT molecular complexity index is 1160. The molecule has 2 saturated heterocycles. The number of ether oxygens (including phenoxy) is 1. The molecular weight excluding hydrogens is 512 g/mol. The van der Waals surface area contributed by atoms with E-state index < -0.39 is 17.4 Å². The number of aliphatic hydroxyl groups excluding tert-OH is 1. The Kier molecular flexibility index (Phi) is 5.69. The lowest BCUT2D eigenvalue weighted by Gasteiger charge is -2.52. The zero-order valence-electron chi connectivity index (χ0n) is 19.6. The number of anilines is 2. The summed E-state index contributed by atoms with van der Waals surface area (Å²) in [5.74, 6) is 0.149. The molecule has 1 N–H and O–H groups in total. The number of aromatic nitrogens is 2. The number of rotatable bonds is 2. The van der Waals surface area contributed by atoms with Crippen LogP contribution >= 0.6 is 15.9 Å². The SMILES string of the molecule is COC(=O)[C@@H]1[C@H]2C[C@@H]3N(CC[C@@]34C(=O)CN(c3ncc(Br)cn3)c3ccccc34)C[C@@H]2CC[C@@H]1O. The van der Waals surface area contributed by atoms with Crippen LogP contribution in [0.15, 0.2) is 41.1 Å². The fourth-order valence-corrected chi connectivity index (χ4v) is 7.55. The van der Waals surface area contributed by atoms with Crippen LogP contribution in [0, 0.1) is 17.8 Å². The Balaban J connectivity index is 1.41. The van der Waals surface area contributed by atoms with E-state index in [1.54, 1.807) is 12.4 Å². The van der Waals surface area contributed by atoms with Gasteiger partial charge in [-0.05, 0) is 71.6 Å². The number of methoxy groups -OCH3 is 1. The maximum Gasteiger partial charge on any atom is 0.311 e. The van der Waals surface area contributed by atoms with Crippen molar-refractivity contribution in [1.82, 2.24) is 14.9 Å². The number of ketones is 1. The zero-order chi connectivity index (χ0) is 24.3. The molecule has 184 valence electrons. The molecule has 0 unspecified atom stereocenters. The molecule has 4 heterocycles. The molecule has 2 aromatic rings. The largest absolute Gasteiger partial charge is 0.469 e. The van der Waals surface area contributed by atoms with Gasteiger partial charge in [0.2, 0.25) is 5.95 Å². The van der Waals surface area contributed by atoms with Gasteiger partial charge in [-0.1, -0.05) is 18.2 Å². The van der Waals surface area contributed by atoms with Crippen molar-refractivity contribution in [2.75, 3.05) is 31.6 Å². The maximum absolute atomic E-state index is 14.1. The van der Waals surface area contributed by atoms with Gasteiger partial charge in [-0.15, -0.1) is 0 Å². The molecule has 3 fully saturated rings. The third-order valence-electron chi connectivity index (χ3n) is 8.88. The summed E-state index contributed by atoms with van der Waals surface area (Å²) in [7, 11) is 1.39. The Morgan fingerprint density at radius 2 is 2.00 bits per heavy atom. The van der Waals surface area contributed by atoms with Crippen molar-refractivity contribution in [1.29, 1.82) is 0 Å². The number of para-hydroxylation sites is 1. The lowest BCUT2D eigenvalue weighted by Crippen LogP contribution is -2.60. The first-order valence-electron chi connectivity index (χ1n) is 12.3. The summed E-state index contributed by atoms with van der Waals surface area (Å²) in [6.45, 7) is 1.92. The highest BCUT2D eigenvalue weighted by Gasteiger charge is 2.61. The van der Waals surface area contributed by atoms with E-state index in [4.69, 9.17) is 4.74 Å². The smallest absolute Gasteiger partial charge is 0.311 e. The molecule has 0 bridgehead atoms. The number of benzene rings is 1. The third kappa shape index (κ3) is 3.46. The molecule has 8 nitrogen and oxygen atoms in total. The second kappa shape index (κ2) is 8.64. The fourth-order valence-electron chi connectivity index (χ4n) is 7.34. The number of nitrogens with zero attached hydrogens (tertiary/aromatic N) is 4. The minimum Gasteiger partial charge on any atom is -0.469 e. The summed E-state index contributed by atoms with van der Waals surface area (Å²) >= 11 is 3.39. The second-order valence-electron chi connectivity index (χ2n) is 10.3. The highest BCUT2D eigenvalue weighted by atomic mass is 79.9. The van der Waals surface area contributed by atoms with Crippen LogP contribution in [0.5, 0.6) is 0 Å². The molecule has 0 radical (unpaired) electrons. The van der Waals surface area contributed by atoms with Crippen LogP contribution < -0.4 is 4.90 Å². The summed E-state index contributed by atoms with van der Waals surface area (Å²) in [4.78, 5) is 40.1. The number of Topliss-reactive ketones (excluding diaryl/α,β-unsaturated/α-hetero) is 1. The first-order valence-corrected chi connectivity index (χ1v) is 13.1. The van der Waals surface area contributed by atoms with Crippen LogP contribution in [-0.4, -0.2) is 70.6 Å². The van der Waals surface area contributed by atoms with Gasteiger partial charge in [-0.2, -0.15) is 0 Å². The van der Waals surface area contributed by atoms with Crippen molar-refractivity contribution in [2.24, 2.45) is 17.8 Å². The number of piperidine rings is 1. The van der Waals surface area contributed by atoms with Crippen molar-refractivity contribution in [3.05, 3.63) is 46.7 Å². The average molecular weight is 541 g/mol. The average Bonchev–Trinajstić information content (AvgIpc) is 3.24. The fraction of sp³-hybridized carbons (Fsp3) is 0.538. The minimum atomic E-state index is -0.688. The Labute approximate surface area is 212 Å². The Hall–Kier alpha value is -2.36. The standard InChI is InChI=1S/C26H29BrN4O4/c1-35-24(34)23-17-10-21-26(8-9-30(21)13-15(17)6-7-20(23)32)18-4-2-3-5-19(18)31(14-22(26)33)25-28-11-16(27)12-29-25/h2-5,11-12,15,17,20-21,23,32H,6-10,13-14H2,1H3/t15-,17-,20-,21-,23+,26-/m0/s1. The van der Waals surface area contributed by atoms with Gasteiger partial charge < -0.3 is 14.7 Å². The molecule has 9 heteroatoms. The first kappa shape index (κ1) is 23.1. The van der Waals surface area contributed by atoms with Gasteiger partial charge in [0.15, 0.2) is 5.78 Å². The number of carbonyl (C=O) groups excluding carboxylic acids is 2.